The molecule has 3 aromatic carbocycles. The van der Waals surface area contributed by atoms with Crippen molar-refractivity contribution in [2.45, 2.75) is 23.6 Å². The molecule has 0 saturated carbocycles. The number of rotatable bonds is 7. The highest BCUT2D eigenvalue weighted by molar-refractivity contribution is 7.99. The summed E-state index contributed by atoms with van der Waals surface area (Å²) in [5.41, 5.74) is 3.19. The van der Waals surface area contributed by atoms with Gasteiger partial charge in [0.25, 0.3) is 5.91 Å². The molecule has 0 aliphatic carbocycles. The van der Waals surface area contributed by atoms with Gasteiger partial charge in [0.2, 0.25) is 0 Å². The highest BCUT2D eigenvalue weighted by Crippen LogP contribution is 2.33. The lowest BCUT2D eigenvalue weighted by atomic mass is 10.2. The van der Waals surface area contributed by atoms with Crippen LogP contribution in [0.1, 0.15) is 21.7 Å². The van der Waals surface area contributed by atoms with Crippen molar-refractivity contribution in [3.8, 4) is 5.69 Å². The number of hydrogen-bond donors (Lipinski definition) is 1. The third-order valence-corrected chi connectivity index (χ3v) is 6.29. The molecule has 172 valence electrons. The van der Waals surface area contributed by atoms with Crippen LogP contribution in [0, 0.1) is 19.7 Å². The van der Waals surface area contributed by atoms with Gasteiger partial charge in [-0.15, -0.1) is 0 Å². The third-order valence-electron chi connectivity index (χ3n) is 5.20. The van der Waals surface area contributed by atoms with Gasteiger partial charge in [-0.1, -0.05) is 42.1 Å². The average Bonchev–Trinajstić information content (AvgIpc) is 3.14. The summed E-state index contributed by atoms with van der Waals surface area (Å²) in [6.45, 7) is 3.22. The Morgan fingerprint density at radius 1 is 0.941 bits per heavy atom. The highest BCUT2D eigenvalue weighted by atomic mass is 32.2. The Balaban J connectivity index is 1.41. The summed E-state index contributed by atoms with van der Waals surface area (Å²) in [7, 11) is 0. The number of esters is 1. The number of carbonyl (C=O) groups is 2. The Labute approximate surface area is 201 Å². The molecule has 34 heavy (non-hydrogen) atoms. The predicted molar refractivity (Wildman–Crippen MR) is 131 cm³/mol. The molecule has 1 N–H and O–H groups in total. The number of benzene rings is 3. The topological polar surface area (TPSA) is 60.3 Å². The number of hydrogen-bond acceptors (Lipinski definition) is 4. The van der Waals surface area contributed by atoms with E-state index < -0.39 is 18.5 Å². The quantitative estimate of drug-likeness (QED) is 0.325. The van der Waals surface area contributed by atoms with Gasteiger partial charge in [0.15, 0.2) is 6.61 Å². The van der Waals surface area contributed by atoms with E-state index in [1.165, 1.54) is 23.9 Å². The first-order valence-electron chi connectivity index (χ1n) is 10.7. The average molecular weight is 475 g/mol. The predicted octanol–water partition coefficient (Wildman–Crippen LogP) is 6.18. The van der Waals surface area contributed by atoms with Crippen molar-refractivity contribution in [1.29, 1.82) is 0 Å². The number of nitrogens with zero attached hydrogens (tertiary/aromatic N) is 1. The number of amides is 1. The standard InChI is InChI=1S/C27H23FN2O3S/c1-18-16-23(19(2)30(18)21-14-12-20(28)13-15-21)27(32)33-17-26(31)29-24-10-6-7-11-25(24)34-22-8-4-3-5-9-22/h3-16H,17H2,1-2H3,(H,29,31). The summed E-state index contributed by atoms with van der Waals surface area (Å²) >= 11 is 1.53. The van der Waals surface area contributed by atoms with Crippen LogP contribution in [-0.2, 0) is 9.53 Å². The first-order chi connectivity index (χ1) is 16.4. The van der Waals surface area contributed by atoms with E-state index in [1.54, 1.807) is 31.2 Å². The van der Waals surface area contributed by atoms with Crippen molar-refractivity contribution in [2.75, 3.05) is 11.9 Å². The molecular weight excluding hydrogens is 451 g/mol. The fraction of sp³-hybridized carbons (Fsp3) is 0.111. The smallest absolute Gasteiger partial charge is 0.340 e. The number of halogens is 1. The first-order valence-corrected chi connectivity index (χ1v) is 11.5. The lowest BCUT2D eigenvalue weighted by Crippen LogP contribution is -2.21. The Morgan fingerprint density at radius 2 is 1.62 bits per heavy atom. The minimum Gasteiger partial charge on any atom is -0.452 e. The molecule has 0 bridgehead atoms. The summed E-state index contributed by atoms with van der Waals surface area (Å²) in [6.07, 6.45) is 0. The zero-order valence-electron chi connectivity index (χ0n) is 18.7. The van der Waals surface area contributed by atoms with Crippen LogP contribution in [0.3, 0.4) is 0 Å². The maximum atomic E-state index is 13.3. The molecule has 1 heterocycles. The maximum Gasteiger partial charge on any atom is 0.340 e. The van der Waals surface area contributed by atoms with Crippen LogP contribution in [0.4, 0.5) is 10.1 Å². The van der Waals surface area contributed by atoms with Crippen molar-refractivity contribution < 1.29 is 18.7 Å². The van der Waals surface area contributed by atoms with E-state index in [-0.39, 0.29) is 5.82 Å². The molecule has 0 saturated heterocycles. The second kappa shape index (κ2) is 10.4. The molecule has 0 atom stereocenters. The molecule has 0 radical (unpaired) electrons. The molecule has 1 aromatic heterocycles. The van der Waals surface area contributed by atoms with Gasteiger partial charge in [-0.25, -0.2) is 9.18 Å². The summed E-state index contributed by atoms with van der Waals surface area (Å²) in [6, 6.07) is 25.0. The van der Waals surface area contributed by atoms with Gasteiger partial charge in [0, 0.05) is 26.9 Å². The Morgan fingerprint density at radius 3 is 2.35 bits per heavy atom. The lowest BCUT2D eigenvalue weighted by molar-refractivity contribution is -0.119. The zero-order chi connectivity index (χ0) is 24.1. The highest BCUT2D eigenvalue weighted by Gasteiger charge is 2.19. The zero-order valence-corrected chi connectivity index (χ0v) is 19.6. The van der Waals surface area contributed by atoms with Crippen LogP contribution >= 0.6 is 11.8 Å². The second-order valence-electron chi connectivity index (χ2n) is 7.63. The summed E-state index contributed by atoms with van der Waals surface area (Å²) in [4.78, 5) is 27.2. The van der Waals surface area contributed by atoms with E-state index in [0.717, 1.165) is 21.2 Å². The van der Waals surface area contributed by atoms with Gasteiger partial charge in [-0.05, 0) is 68.4 Å². The van der Waals surface area contributed by atoms with Gasteiger partial charge in [0.1, 0.15) is 5.82 Å². The molecule has 5 nitrogen and oxygen atoms in total. The van der Waals surface area contributed by atoms with Crippen LogP contribution in [0.5, 0.6) is 0 Å². The largest absolute Gasteiger partial charge is 0.452 e. The summed E-state index contributed by atoms with van der Waals surface area (Å²) in [5.74, 6) is -1.36. The molecule has 0 fully saturated rings. The number of para-hydroxylation sites is 1. The Bertz CT molecular complexity index is 1320. The van der Waals surface area contributed by atoms with E-state index in [2.05, 4.69) is 5.32 Å². The number of nitrogens with one attached hydrogen (secondary N) is 1. The normalized spacial score (nSPS) is 10.7. The van der Waals surface area contributed by atoms with Crippen LogP contribution in [0.15, 0.2) is 94.7 Å². The van der Waals surface area contributed by atoms with Crippen molar-refractivity contribution in [2.24, 2.45) is 0 Å². The molecule has 0 aliphatic heterocycles. The van der Waals surface area contributed by atoms with Crippen LogP contribution < -0.4 is 5.32 Å². The molecule has 0 spiro atoms. The van der Waals surface area contributed by atoms with Gasteiger partial charge in [0.05, 0.1) is 11.3 Å². The fourth-order valence-electron chi connectivity index (χ4n) is 3.63. The number of aromatic nitrogens is 1. The number of ether oxygens (including phenoxy) is 1. The van der Waals surface area contributed by atoms with Gasteiger partial charge >= 0.3 is 5.97 Å². The molecule has 1 amide bonds. The monoisotopic (exact) mass is 474 g/mol. The Kier molecular flexibility index (Phi) is 7.13. The van der Waals surface area contributed by atoms with Crippen molar-refractivity contribution in [3.63, 3.8) is 0 Å². The van der Waals surface area contributed by atoms with E-state index in [0.29, 0.717) is 16.9 Å². The lowest BCUT2D eigenvalue weighted by Gasteiger charge is -2.11. The molecule has 4 aromatic rings. The van der Waals surface area contributed by atoms with Gasteiger partial charge in [-0.3, -0.25) is 4.79 Å². The number of carbonyl (C=O) groups excluding carboxylic acids is 2. The van der Waals surface area contributed by atoms with Gasteiger partial charge in [-0.2, -0.15) is 0 Å². The fourth-order valence-corrected chi connectivity index (χ4v) is 4.55. The van der Waals surface area contributed by atoms with Crippen molar-refractivity contribution >= 4 is 29.3 Å². The van der Waals surface area contributed by atoms with Gasteiger partial charge < -0.3 is 14.6 Å². The van der Waals surface area contributed by atoms with Crippen LogP contribution in [0.25, 0.3) is 5.69 Å². The number of aryl methyl sites for hydroxylation is 1. The Hall–Kier alpha value is -3.84. The van der Waals surface area contributed by atoms with Crippen molar-refractivity contribution in [1.82, 2.24) is 4.57 Å². The SMILES string of the molecule is Cc1cc(C(=O)OCC(=O)Nc2ccccc2Sc2ccccc2)c(C)n1-c1ccc(F)cc1. The minimum absolute atomic E-state index is 0.333. The molecule has 7 heteroatoms. The van der Waals surface area contributed by atoms with E-state index in [1.807, 2.05) is 60.0 Å². The third kappa shape index (κ3) is 5.38. The van der Waals surface area contributed by atoms with Crippen molar-refractivity contribution in [3.05, 3.63) is 108 Å². The van der Waals surface area contributed by atoms with E-state index >= 15 is 0 Å². The molecule has 4 rings (SSSR count). The summed E-state index contributed by atoms with van der Waals surface area (Å²) in [5, 5.41) is 2.82. The molecule has 0 aliphatic rings. The second-order valence-corrected chi connectivity index (χ2v) is 8.75. The maximum absolute atomic E-state index is 13.3. The van der Waals surface area contributed by atoms with E-state index in [4.69, 9.17) is 4.74 Å². The minimum atomic E-state index is -0.594. The summed E-state index contributed by atoms with van der Waals surface area (Å²) < 4.78 is 20.4. The van der Waals surface area contributed by atoms with E-state index in [9.17, 15) is 14.0 Å². The van der Waals surface area contributed by atoms with Crippen LogP contribution in [0.2, 0.25) is 0 Å². The molecular formula is C27H23FN2O3S. The number of anilines is 1. The first kappa shape index (κ1) is 23.3. The molecule has 0 unspecified atom stereocenters. The van der Waals surface area contributed by atoms with Crippen LogP contribution in [-0.4, -0.2) is 23.1 Å².